The van der Waals surface area contributed by atoms with Gasteiger partial charge in [-0.3, -0.25) is 0 Å². The topological polar surface area (TPSA) is 69.2 Å². The van der Waals surface area contributed by atoms with Gasteiger partial charge in [0.05, 0.1) is 26.4 Å². The van der Waals surface area contributed by atoms with Crippen molar-refractivity contribution in [1.82, 2.24) is 15.0 Å². The molecule has 0 radical (unpaired) electrons. The van der Waals surface area contributed by atoms with Gasteiger partial charge >= 0.3 is 0 Å². The zero-order valence-corrected chi connectivity index (χ0v) is 18.8. The number of nitrogens with one attached hydrogen (secondary N) is 1. The highest BCUT2D eigenvalue weighted by molar-refractivity contribution is 14.1. The zero-order valence-electron chi connectivity index (χ0n) is 15.0. The van der Waals surface area contributed by atoms with E-state index in [1.54, 1.807) is 23.1 Å². The number of rotatable bonds is 4. The smallest absolute Gasteiger partial charge is 0.189 e. The van der Waals surface area contributed by atoms with E-state index >= 15 is 0 Å². The number of thiazole rings is 1. The highest BCUT2D eigenvalue weighted by Gasteiger charge is 2.55. The molecule has 4 rings (SSSR count). The van der Waals surface area contributed by atoms with Gasteiger partial charge in [-0.1, -0.05) is 11.8 Å². The van der Waals surface area contributed by atoms with E-state index in [1.165, 1.54) is 0 Å². The first-order valence-electron chi connectivity index (χ1n) is 8.47. The predicted molar refractivity (Wildman–Crippen MR) is 112 cm³/mol. The van der Waals surface area contributed by atoms with Gasteiger partial charge in [-0.15, -0.1) is 11.3 Å². The molecular formula is C17H21IN4O2S2. The van der Waals surface area contributed by atoms with Crippen LogP contribution in [-0.4, -0.2) is 45.2 Å². The van der Waals surface area contributed by atoms with Gasteiger partial charge in [-0.2, -0.15) is 0 Å². The van der Waals surface area contributed by atoms with E-state index in [1.807, 2.05) is 38.6 Å². The van der Waals surface area contributed by atoms with E-state index in [0.29, 0.717) is 0 Å². The largest absolute Gasteiger partial charge is 0.364 e. The van der Waals surface area contributed by atoms with Gasteiger partial charge in [-0.05, 0) is 56.0 Å². The minimum atomic E-state index is -0.579. The summed E-state index contributed by atoms with van der Waals surface area (Å²) in [7, 11) is 0. The molecule has 4 atom stereocenters. The second-order valence-corrected chi connectivity index (χ2v) is 9.76. The van der Waals surface area contributed by atoms with Crippen molar-refractivity contribution < 1.29 is 9.47 Å². The number of anilines is 1. The molecule has 2 aliphatic rings. The van der Waals surface area contributed by atoms with Crippen molar-refractivity contribution in [3.8, 4) is 0 Å². The summed E-state index contributed by atoms with van der Waals surface area (Å²) in [5.41, 5.74) is 0.988. The van der Waals surface area contributed by atoms with Gasteiger partial charge in [0.2, 0.25) is 0 Å². The van der Waals surface area contributed by atoms with Crippen LogP contribution >= 0.6 is 45.7 Å². The number of nitrogens with zero attached hydrogens (tertiary/aromatic N) is 3. The summed E-state index contributed by atoms with van der Waals surface area (Å²) in [5.74, 6) is 0.531. The Morgan fingerprint density at radius 1 is 1.31 bits per heavy atom. The Bertz CT molecular complexity index is 802. The van der Waals surface area contributed by atoms with Crippen LogP contribution in [-0.2, 0) is 9.47 Å². The Labute approximate surface area is 175 Å². The molecule has 9 heteroatoms. The molecule has 1 saturated carbocycles. The van der Waals surface area contributed by atoms with Gasteiger partial charge in [0.1, 0.15) is 11.9 Å². The molecule has 1 aliphatic heterocycles. The minimum Gasteiger partial charge on any atom is -0.364 e. The first-order valence-corrected chi connectivity index (χ1v) is 11.7. The van der Waals surface area contributed by atoms with Crippen LogP contribution in [0.3, 0.4) is 0 Å². The van der Waals surface area contributed by atoms with Gasteiger partial charge in [-0.25, -0.2) is 15.0 Å². The standard InChI is InChI=1S/C17H21IN4O2S2/c1-8-11(18)14(22-16(20-8)25-4)21-10-7-9(15-19-5-6-26-15)12-13(10)24-17(2,3)23-12/h5-6,9-10,12-13H,7H2,1-4H3,(H,20,21,22)/t9-,10+,12+,13-/m0/s1. The molecule has 1 N–H and O–H groups in total. The molecule has 26 heavy (non-hydrogen) atoms. The van der Waals surface area contributed by atoms with E-state index in [0.717, 1.165) is 31.7 Å². The lowest BCUT2D eigenvalue weighted by atomic mass is 10.1. The summed E-state index contributed by atoms with van der Waals surface area (Å²) in [6, 6.07) is 0.119. The first-order chi connectivity index (χ1) is 12.4. The van der Waals surface area contributed by atoms with Gasteiger partial charge in [0.25, 0.3) is 0 Å². The van der Waals surface area contributed by atoms with Gasteiger partial charge < -0.3 is 14.8 Å². The summed E-state index contributed by atoms with van der Waals surface area (Å²) in [6.45, 7) is 5.97. The Morgan fingerprint density at radius 2 is 2.08 bits per heavy atom. The molecule has 2 fully saturated rings. The molecule has 1 saturated heterocycles. The first kappa shape index (κ1) is 18.9. The third-order valence-electron chi connectivity index (χ3n) is 4.73. The van der Waals surface area contributed by atoms with Crippen molar-refractivity contribution in [1.29, 1.82) is 0 Å². The number of ether oxygens (including phenoxy) is 2. The van der Waals surface area contributed by atoms with E-state index in [4.69, 9.17) is 9.47 Å². The van der Waals surface area contributed by atoms with Crippen LogP contribution in [0.25, 0.3) is 0 Å². The predicted octanol–water partition coefficient (Wildman–Crippen LogP) is 4.06. The van der Waals surface area contributed by atoms with Crippen molar-refractivity contribution >= 4 is 51.5 Å². The lowest BCUT2D eigenvalue weighted by molar-refractivity contribution is -0.153. The average molecular weight is 504 g/mol. The summed E-state index contributed by atoms with van der Waals surface area (Å²) in [4.78, 5) is 13.7. The second-order valence-electron chi connectivity index (χ2n) is 6.99. The van der Waals surface area contributed by atoms with E-state index in [2.05, 4.69) is 42.9 Å². The summed E-state index contributed by atoms with van der Waals surface area (Å²) >= 11 is 5.54. The van der Waals surface area contributed by atoms with Crippen molar-refractivity contribution in [2.45, 2.75) is 62.3 Å². The van der Waals surface area contributed by atoms with Crippen LogP contribution in [0.2, 0.25) is 0 Å². The van der Waals surface area contributed by atoms with Gasteiger partial charge in [0, 0.05) is 17.5 Å². The van der Waals surface area contributed by atoms with Crippen molar-refractivity contribution in [2.24, 2.45) is 0 Å². The summed E-state index contributed by atoms with van der Waals surface area (Å²) < 4.78 is 13.5. The molecular weight excluding hydrogens is 483 g/mol. The van der Waals surface area contributed by atoms with E-state index in [9.17, 15) is 0 Å². The molecule has 0 aromatic carbocycles. The molecule has 3 heterocycles. The number of aromatic nitrogens is 3. The van der Waals surface area contributed by atoms with Crippen molar-refractivity contribution in [3.63, 3.8) is 0 Å². The van der Waals surface area contributed by atoms with Crippen LogP contribution in [0.1, 0.15) is 36.9 Å². The number of halogens is 1. The molecule has 2 aromatic heterocycles. The fourth-order valence-electron chi connectivity index (χ4n) is 3.68. The van der Waals surface area contributed by atoms with Crippen LogP contribution in [0.4, 0.5) is 5.82 Å². The van der Waals surface area contributed by atoms with Gasteiger partial charge in [0.15, 0.2) is 10.9 Å². The molecule has 0 bridgehead atoms. The van der Waals surface area contributed by atoms with E-state index in [-0.39, 0.29) is 24.2 Å². The maximum Gasteiger partial charge on any atom is 0.189 e. The Morgan fingerprint density at radius 3 is 2.77 bits per heavy atom. The molecule has 1 aliphatic carbocycles. The van der Waals surface area contributed by atoms with Crippen LogP contribution in [0.5, 0.6) is 0 Å². The highest BCUT2D eigenvalue weighted by atomic mass is 127. The maximum atomic E-state index is 6.25. The molecule has 6 nitrogen and oxygen atoms in total. The third kappa shape index (κ3) is 3.48. The number of hydrogen-bond acceptors (Lipinski definition) is 8. The maximum absolute atomic E-state index is 6.25. The normalized spacial score (nSPS) is 29.7. The molecule has 0 unspecified atom stereocenters. The third-order valence-corrected chi connectivity index (χ3v) is 7.48. The highest BCUT2D eigenvalue weighted by Crippen LogP contribution is 2.47. The van der Waals surface area contributed by atoms with E-state index < -0.39 is 5.79 Å². The number of aryl methyl sites for hydroxylation is 1. The Kier molecular flexibility index (Phi) is 5.19. The monoisotopic (exact) mass is 504 g/mol. The Balaban J connectivity index is 1.64. The lowest BCUT2D eigenvalue weighted by Crippen LogP contribution is -2.35. The average Bonchev–Trinajstić information content (AvgIpc) is 3.28. The summed E-state index contributed by atoms with van der Waals surface area (Å²) in [6.07, 6.45) is 4.74. The fraction of sp³-hybridized carbons (Fsp3) is 0.588. The van der Waals surface area contributed by atoms with Crippen LogP contribution in [0, 0.1) is 10.5 Å². The zero-order chi connectivity index (χ0) is 18.5. The molecule has 0 amide bonds. The fourth-order valence-corrected chi connectivity index (χ4v) is 5.27. The Hall–Kier alpha value is -0.490. The SMILES string of the molecule is CSc1nc(C)c(I)c(N[C@@H]2C[C@H](c3nccs3)[C@H]3OC(C)(C)O[C@H]32)n1. The van der Waals surface area contributed by atoms with Crippen LogP contribution in [0.15, 0.2) is 16.7 Å². The second kappa shape index (κ2) is 7.16. The van der Waals surface area contributed by atoms with Crippen LogP contribution < -0.4 is 5.32 Å². The number of thioether (sulfide) groups is 1. The molecule has 140 valence electrons. The number of hydrogen-bond donors (Lipinski definition) is 1. The molecule has 2 aromatic rings. The summed E-state index contributed by atoms with van der Waals surface area (Å²) in [5, 5.41) is 7.54. The van der Waals surface area contributed by atoms with Crippen molar-refractivity contribution in [3.05, 3.63) is 25.8 Å². The minimum absolute atomic E-state index is 0.00858. The van der Waals surface area contributed by atoms with Crippen molar-refractivity contribution in [2.75, 3.05) is 11.6 Å². The quantitative estimate of drug-likeness (QED) is 0.383. The number of fused-ring (bicyclic) bond motifs is 1. The molecule has 0 spiro atoms. The lowest BCUT2D eigenvalue weighted by Gasteiger charge is -2.24.